The van der Waals surface area contributed by atoms with Crippen LogP contribution in [0.3, 0.4) is 0 Å². The molecule has 4 aromatic rings. The molecule has 0 saturated carbocycles. The van der Waals surface area contributed by atoms with Gasteiger partial charge in [-0.1, -0.05) is 11.3 Å². The lowest BCUT2D eigenvalue weighted by atomic mass is 9.83. The summed E-state index contributed by atoms with van der Waals surface area (Å²) in [4.78, 5) is 36.7. The molecule has 3 aliphatic heterocycles. The highest BCUT2D eigenvalue weighted by molar-refractivity contribution is 7.20. The summed E-state index contributed by atoms with van der Waals surface area (Å²) in [6.07, 6.45) is 5.56. The fraction of sp³-hybridized carbons (Fsp3) is 0.360. The summed E-state index contributed by atoms with van der Waals surface area (Å²) < 4.78 is 17.6. The second kappa shape index (κ2) is 9.27. The molecule has 0 radical (unpaired) electrons. The SMILES string of the molecule is O=COCC(=O)N(Cc1coc2cc(Oc3nc4ncccc4s3)ccc12)C1CN2CCC1CC2. The van der Waals surface area contributed by atoms with Crippen LogP contribution in [0.2, 0.25) is 0 Å². The lowest BCUT2D eigenvalue weighted by Crippen LogP contribution is -2.58. The Morgan fingerprint density at radius 3 is 2.94 bits per heavy atom. The Kier molecular flexibility index (Phi) is 5.83. The summed E-state index contributed by atoms with van der Waals surface area (Å²) in [6, 6.07) is 9.56. The quantitative estimate of drug-likeness (QED) is 0.343. The Labute approximate surface area is 205 Å². The van der Waals surface area contributed by atoms with Crippen LogP contribution in [0.15, 0.2) is 47.2 Å². The van der Waals surface area contributed by atoms with Gasteiger partial charge in [-0.15, -0.1) is 0 Å². The highest BCUT2D eigenvalue weighted by atomic mass is 32.1. The zero-order valence-electron chi connectivity index (χ0n) is 19.0. The first-order valence-corrected chi connectivity index (χ1v) is 12.5. The fourth-order valence-corrected chi connectivity index (χ4v) is 5.99. The molecule has 3 fully saturated rings. The van der Waals surface area contributed by atoms with Gasteiger partial charge in [-0.05, 0) is 56.1 Å². The van der Waals surface area contributed by atoms with Gasteiger partial charge in [-0.2, -0.15) is 4.98 Å². The zero-order valence-corrected chi connectivity index (χ0v) is 19.8. The average Bonchev–Trinajstić information content (AvgIpc) is 3.49. The zero-order chi connectivity index (χ0) is 23.8. The third kappa shape index (κ3) is 4.35. The molecule has 3 aliphatic rings. The Balaban J connectivity index is 1.24. The van der Waals surface area contributed by atoms with E-state index in [4.69, 9.17) is 13.9 Å². The molecule has 9 nitrogen and oxygen atoms in total. The van der Waals surface area contributed by atoms with Gasteiger partial charge < -0.3 is 23.7 Å². The summed E-state index contributed by atoms with van der Waals surface area (Å²) in [5.41, 5.74) is 2.23. The molecule has 35 heavy (non-hydrogen) atoms. The van der Waals surface area contributed by atoms with Gasteiger partial charge in [0.1, 0.15) is 11.3 Å². The Bertz CT molecular complexity index is 1340. The molecule has 10 heteroatoms. The monoisotopic (exact) mass is 492 g/mol. The fourth-order valence-electron chi connectivity index (χ4n) is 5.19. The number of carbonyl (C=O) groups is 2. The van der Waals surface area contributed by atoms with Gasteiger partial charge >= 0.3 is 0 Å². The van der Waals surface area contributed by atoms with Crippen molar-refractivity contribution in [2.45, 2.75) is 25.4 Å². The van der Waals surface area contributed by atoms with E-state index in [0.717, 1.165) is 48.1 Å². The number of hydrogen-bond acceptors (Lipinski definition) is 9. The molecule has 1 unspecified atom stereocenters. The molecule has 180 valence electrons. The van der Waals surface area contributed by atoms with Crippen LogP contribution in [0.4, 0.5) is 0 Å². The summed E-state index contributed by atoms with van der Waals surface area (Å²) in [5, 5.41) is 1.43. The molecule has 1 atom stereocenters. The minimum Gasteiger partial charge on any atom is -0.464 e. The largest absolute Gasteiger partial charge is 0.464 e. The van der Waals surface area contributed by atoms with Crippen molar-refractivity contribution in [2.75, 3.05) is 26.2 Å². The molecule has 3 aromatic heterocycles. The lowest BCUT2D eigenvalue weighted by molar-refractivity contribution is -0.148. The van der Waals surface area contributed by atoms with Gasteiger partial charge in [-0.3, -0.25) is 9.59 Å². The molecule has 3 saturated heterocycles. The van der Waals surface area contributed by atoms with Crippen molar-refractivity contribution in [3.63, 3.8) is 0 Å². The predicted octanol–water partition coefficient (Wildman–Crippen LogP) is 3.83. The van der Waals surface area contributed by atoms with Gasteiger partial charge in [0.15, 0.2) is 12.3 Å². The van der Waals surface area contributed by atoms with Gasteiger partial charge in [0.2, 0.25) is 0 Å². The normalized spacial score (nSPS) is 21.3. The van der Waals surface area contributed by atoms with Crippen LogP contribution in [-0.4, -0.2) is 64.4 Å². The molecular weight excluding hydrogens is 468 g/mol. The van der Waals surface area contributed by atoms with E-state index in [2.05, 4.69) is 14.9 Å². The number of fused-ring (bicyclic) bond motifs is 5. The highest BCUT2D eigenvalue weighted by Crippen LogP contribution is 2.35. The number of rotatable bonds is 8. The summed E-state index contributed by atoms with van der Waals surface area (Å²) in [7, 11) is 0. The Hall–Kier alpha value is -3.50. The lowest BCUT2D eigenvalue weighted by Gasteiger charge is -2.49. The van der Waals surface area contributed by atoms with Crippen LogP contribution in [-0.2, 0) is 20.9 Å². The molecule has 1 aromatic carbocycles. The van der Waals surface area contributed by atoms with E-state index in [0.29, 0.717) is 41.1 Å². The van der Waals surface area contributed by atoms with Gasteiger partial charge in [0, 0.05) is 42.3 Å². The summed E-state index contributed by atoms with van der Waals surface area (Å²) in [6.45, 7) is 3.47. The molecule has 0 aliphatic carbocycles. The summed E-state index contributed by atoms with van der Waals surface area (Å²) in [5.74, 6) is 0.887. The van der Waals surface area contributed by atoms with Crippen LogP contribution in [0.25, 0.3) is 21.3 Å². The number of benzene rings is 1. The first-order chi connectivity index (χ1) is 17.2. The van der Waals surface area contributed by atoms with Crippen LogP contribution < -0.4 is 4.74 Å². The number of ether oxygens (including phenoxy) is 2. The Morgan fingerprint density at radius 2 is 2.17 bits per heavy atom. The number of furan rings is 1. The van der Waals surface area contributed by atoms with Crippen molar-refractivity contribution < 1.29 is 23.5 Å². The molecule has 2 bridgehead atoms. The van der Waals surface area contributed by atoms with Crippen molar-refractivity contribution in [2.24, 2.45) is 5.92 Å². The van der Waals surface area contributed by atoms with E-state index >= 15 is 0 Å². The molecule has 1 amide bonds. The van der Waals surface area contributed by atoms with Gasteiger partial charge in [-0.25, -0.2) is 4.98 Å². The second-order valence-corrected chi connectivity index (χ2v) is 9.95. The maximum Gasteiger partial charge on any atom is 0.293 e. The van der Waals surface area contributed by atoms with Crippen LogP contribution in [0, 0.1) is 5.92 Å². The van der Waals surface area contributed by atoms with Crippen molar-refractivity contribution in [1.82, 2.24) is 19.8 Å². The van der Waals surface area contributed by atoms with Gasteiger partial charge in [0.25, 0.3) is 17.6 Å². The number of aromatic nitrogens is 2. The van der Waals surface area contributed by atoms with E-state index in [1.54, 1.807) is 12.5 Å². The maximum atomic E-state index is 13.0. The third-order valence-electron chi connectivity index (χ3n) is 6.94. The minimum absolute atomic E-state index is 0.0976. The number of nitrogens with zero attached hydrogens (tertiary/aromatic N) is 4. The highest BCUT2D eigenvalue weighted by Gasteiger charge is 2.39. The second-order valence-electron chi connectivity index (χ2n) is 8.96. The number of hydrogen-bond donors (Lipinski definition) is 0. The molecule has 7 rings (SSSR count). The molecule has 0 N–H and O–H groups in total. The summed E-state index contributed by atoms with van der Waals surface area (Å²) >= 11 is 1.43. The van der Waals surface area contributed by atoms with Crippen LogP contribution >= 0.6 is 11.3 Å². The molecular formula is C25H24N4O5S. The van der Waals surface area contributed by atoms with Gasteiger partial charge in [0.05, 0.1) is 11.0 Å². The first kappa shape index (κ1) is 22.0. The number of carbonyl (C=O) groups excluding carboxylic acids is 2. The standard InChI is InChI=1S/C25H24N4O5S/c30-15-32-14-23(31)29(20-12-28-8-5-16(20)6-9-28)11-17-13-33-21-10-18(3-4-19(17)21)34-25-27-24-22(35-25)2-1-7-26-24/h1-4,7,10,13,15-16,20H,5-6,8-9,11-12,14H2. The van der Waals surface area contributed by atoms with Crippen LogP contribution in [0.1, 0.15) is 18.4 Å². The third-order valence-corrected chi connectivity index (χ3v) is 7.82. The number of pyridine rings is 1. The van der Waals surface area contributed by atoms with Crippen LogP contribution in [0.5, 0.6) is 10.9 Å². The van der Waals surface area contributed by atoms with E-state index < -0.39 is 0 Å². The first-order valence-electron chi connectivity index (χ1n) is 11.6. The van der Waals surface area contributed by atoms with E-state index in [9.17, 15) is 9.59 Å². The van der Waals surface area contributed by atoms with Crippen molar-refractivity contribution in [3.8, 4) is 10.9 Å². The minimum atomic E-state index is -0.252. The van der Waals surface area contributed by atoms with Crippen molar-refractivity contribution >= 4 is 45.0 Å². The van der Waals surface area contributed by atoms with E-state index in [1.807, 2.05) is 35.2 Å². The predicted molar refractivity (Wildman–Crippen MR) is 129 cm³/mol. The average molecular weight is 493 g/mol. The topological polar surface area (TPSA) is 98.0 Å². The molecule has 6 heterocycles. The van der Waals surface area contributed by atoms with E-state index in [-0.39, 0.29) is 18.6 Å². The van der Waals surface area contributed by atoms with E-state index in [1.165, 1.54) is 11.3 Å². The maximum absolute atomic E-state index is 13.0. The van der Waals surface area contributed by atoms with Crippen molar-refractivity contribution in [3.05, 3.63) is 48.4 Å². The Morgan fingerprint density at radius 1 is 1.29 bits per heavy atom. The smallest absolute Gasteiger partial charge is 0.293 e. The molecule has 0 spiro atoms. The number of thiazole rings is 1. The van der Waals surface area contributed by atoms with Crippen molar-refractivity contribution in [1.29, 1.82) is 0 Å². The number of amides is 1. The number of piperidine rings is 3.